The Morgan fingerprint density at radius 2 is 1.79 bits per heavy atom. The molecular formula is C23H31N5O. The third-order valence-electron chi connectivity index (χ3n) is 5.27. The first-order valence-electron chi connectivity index (χ1n) is 10.1. The van der Waals surface area contributed by atoms with Gasteiger partial charge in [-0.1, -0.05) is 36.4 Å². The summed E-state index contributed by atoms with van der Waals surface area (Å²) in [5, 5.41) is 6.36. The smallest absolute Gasteiger partial charge is 0.321 e. The molecule has 0 aliphatic carbocycles. The summed E-state index contributed by atoms with van der Waals surface area (Å²) in [6.07, 6.45) is 2.00. The van der Waals surface area contributed by atoms with Gasteiger partial charge in [-0.15, -0.1) is 0 Å². The molecule has 0 saturated carbocycles. The molecule has 0 aromatic heterocycles. The van der Waals surface area contributed by atoms with E-state index < -0.39 is 0 Å². The average molecular weight is 394 g/mol. The number of nitrogens with one attached hydrogen (secondary N) is 2. The van der Waals surface area contributed by atoms with Gasteiger partial charge in [0.15, 0.2) is 0 Å². The van der Waals surface area contributed by atoms with E-state index in [4.69, 9.17) is 5.73 Å². The molecule has 29 heavy (non-hydrogen) atoms. The summed E-state index contributed by atoms with van der Waals surface area (Å²) in [6.45, 7) is 6.59. The molecule has 0 unspecified atom stereocenters. The molecule has 1 aliphatic heterocycles. The number of amides is 2. The monoisotopic (exact) mass is 393 g/mol. The molecule has 3 rings (SSSR count). The maximum absolute atomic E-state index is 12.4. The van der Waals surface area contributed by atoms with Crippen LogP contribution in [0.2, 0.25) is 0 Å². The maximum Gasteiger partial charge on any atom is 0.321 e. The first-order chi connectivity index (χ1) is 14.1. The van der Waals surface area contributed by atoms with Gasteiger partial charge >= 0.3 is 6.03 Å². The van der Waals surface area contributed by atoms with Crippen molar-refractivity contribution >= 4 is 11.7 Å². The lowest BCUT2D eigenvalue weighted by Gasteiger charge is -2.32. The summed E-state index contributed by atoms with van der Waals surface area (Å²) in [6, 6.07) is 16.4. The van der Waals surface area contributed by atoms with E-state index in [0.29, 0.717) is 6.54 Å². The Morgan fingerprint density at radius 3 is 2.45 bits per heavy atom. The van der Waals surface area contributed by atoms with Gasteiger partial charge in [-0.05, 0) is 48.9 Å². The lowest BCUT2D eigenvalue weighted by molar-refractivity contribution is 0.164. The van der Waals surface area contributed by atoms with Crippen LogP contribution >= 0.6 is 0 Å². The van der Waals surface area contributed by atoms with Crippen LogP contribution in [0.15, 0.2) is 60.3 Å². The SMILES string of the molecule is C/C=C(\CN)NCc1cccc(-c2ccc(NC(=O)N3CCN(C)CC3)cc2)c1. The number of piperazine rings is 1. The van der Waals surface area contributed by atoms with Gasteiger partial charge < -0.3 is 26.2 Å². The van der Waals surface area contributed by atoms with E-state index in [1.807, 2.05) is 42.2 Å². The van der Waals surface area contributed by atoms with E-state index in [1.54, 1.807) is 0 Å². The van der Waals surface area contributed by atoms with E-state index >= 15 is 0 Å². The van der Waals surface area contributed by atoms with Gasteiger partial charge in [0.05, 0.1) is 0 Å². The number of urea groups is 1. The van der Waals surface area contributed by atoms with Gasteiger partial charge in [0.1, 0.15) is 0 Å². The van der Waals surface area contributed by atoms with Crippen molar-refractivity contribution < 1.29 is 4.79 Å². The Kier molecular flexibility index (Phi) is 7.27. The fourth-order valence-electron chi connectivity index (χ4n) is 3.33. The van der Waals surface area contributed by atoms with Gasteiger partial charge in [0.2, 0.25) is 0 Å². The number of nitrogens with two attached hydrogens (primary N) is 1. The Morgan fingerprint density at radius 1 is 1.07 bits per heavy atom. The van der Waals surface area contributed by atoms with Crippen LogP contribution in [-0.4, -0.2) is 55.6 Å². The summed E-state index contributed by atoms with van der Waals surface area (Å²) in [5.41, 5.74) is 11.0. The molecule has 4 N–H and O–H groups in total. The second kappa shape index (κ2) is 10.1. The summed E-state index contributed by atoms with van der Waals surface area (Å²) < 4.78 is 0. The van der Waals surface area contributed by atoms with Gasteiger partial charge in [0, 0.05) is 50.7 Å². The van der Waals surface area contributed by atoms with Crippen LogP contribution in [0.1, 0.15) is 12.5 Å². The lowest BCUT2D eigenvalue weighted by atomic mass is 10.0. The van der Waals surface area contributed by atoms with Gasteiger partial charge in [-0.2, -0.15) is 0 Å². The van der Waals surface area contributed by atoms with E-state index in [2.05, 4.69) is 46.8 Å². The highest BCUT2D eigenvalue weighted by Crippen LogP contribution is 2.23. The summed E-state index contributed by atoms with van der Waals surface area (Å²) in [7, 11) is 2.08. The van der Waals surface area contributed by atoms with Crippen LogP contribution in [0.3, 0.4) is 0 Å². The van der Waals surface area contributed by atoms with Crippen LogP contribution in [0.5, 0.6) is 0 Å². The highest BCUT2D eigenvalue weighted by molar-refractivity contribution is 5.89. The highest BCUT2D eigenvalue weighted by Gasteiger charge is 2.18. The number of allylic oxidation sites excluding steroid dienone is 1. The molecule has 6 heteroatoms. The number of carbonyl (C=O) groups is 1. The Labute approximate surface area is 173 Å². The van der Waals surface area contributed by atoms with Crippen LogP contribution in [0.25, 0.3) is 11.1 Å². The van der Waals surface area contributed by atoms with Crippen molar-refractivity contribution in [2.45, 2.75) is 13.5 Å². The fourth-order valence-corrected chi connectivity index (χ4v) is 3.33. The van der Waals surface area contributed by atoms with E-state index in [0.717, 1.165) is 55.2 Å². The normalized spacial score (nSPS) is 15.3. The predicted octanol–water partition coefficient (Wildman–Crippen LogP) is 3.09. The number of likely N-dealkylation sites (N-methyl/N-ethyl adjacent to an activating group) is 1. The third-order valence-corrected chi connectivity index (χ3v) is 5.27. The maximum atomic E-state index is 12.4. The number of rotatable bonds is 6. The second-order valence-electron chi connectivity index (χ2n) is 7.37. The van der Waals surface area contributed by atoms with Gasteiger partial charge in [-0.25, -0.2) is 4.79 Å². The van der Waals surface area contributed by atoms with E-state index in [1.165, 1.54) is 5.56 Å². The zero-order valence-electron chi connectivity index (χ0n) is 17.3. The third kappa shape index (κ3) is 5.82. The van der Waals surface area contributed by atoms with Crippen LogP contribution in [-0.2, 0) is 6.54 Å². The molecule has 1 aliphatic rings. The summed E-state index contributed by atoms with van der Waals surface area (Å²) in [4.78, 5) is 16.5. The molecule has 0 atom stereocenters. The second-order valence-corrected chi connectivity index (χ2v) is 7.37. The van der Waals surface area contributed by atoms with Crippen LogP contribution in [0, 0.1) is 0 Å². The number of carbonyl (C=O) groups excluding carboxylic acids is 1. The lowest BCUT2D eigenvalue weighted by Crippen LogP contribution is -2.48. The minimum atomic E-state index is -0.0291. The molecule has 0 radical (unpaired) electrons. The average Bonchev–Trinajstić information content (AvgIpc) is 2.75. The van der Waals surface area contributed by atoms with Gasteiger partial charge in [-0.3, -0.25) is 0 Å². The van der Waals surface area contributed by atoms with E-state index in [9.17, 15) is 4.79 Å². The molecule has 2 aromatic carbocycles. The van der Waals surface area contributed by atoms with Gasteiger partial charge in [0.25, 0.3) is 0 Å². The molecule has 6 nitrogen and oxygen atoms in total. The van der Waals surface area contributed by atoms with Crippen molar-refractivity contribution in [1.82, 2.24) is 15.1 Å². The standard InChI is InChI=1S/C23H31N5O/c1-3-21(16-24)25-17-18-5-4-6-20(15-18)19-7-9-22(10-8-19)26-23(29)28-13-11-27(2)12-14-28/h3-10,15,25H,11-14,16-17,24H2,1-2H3,(H,26,29)/b21-3+. The van der Waals surface area contributed by atoms with Crippen molar-refractivity contribution in [3.63, 3.8) is 0 Å². The van der Waals surface area contributed by atoms with E-state index in [-0.39, 0.29) is 6.03 Å². The predicted molar refractivity (Wildman–Crippen MR) is 120 cm³/mol. The summed E-state index contributed by atoms with van der Waals surface area (Å²) in [5.74, 6) is 0. The molecule has 0 bridgehead atoms. The molecule has 0 spiro atoms. The first-order valence-corrected chi connectivity index (χ1v) is 10.1. The zero-order chi connectivity index (χ0) is 20.6. The Bertz CT molecular complexity index is 839. The Hall–Kier alpha value is -2.83. The molecule has 2 aromatic rings. The molecule has 1 fully saturated rings. The zero-order valence-corrected chi connectivity index (χ0v) is 17.3. The van der Waals surface area contributed by atoms with Crippen molar-refractivity contribution in [2.24, 2.45) is 5.73 Å². The molecule has 154 valence electrons. The minimum absolute atomic E-state index is 0.0291. The van der Waals surface area contributed by atoms with Crippen molar-refractivity contribution in [2.75, 3.05) is 45.1 Å². The quantitative estimate of drug-likeness (QED) is 0.705. The number of hydrogen-bond donors (Lipinski definition) is 3. The number of nitrogens with zero attached hydrogens (tertiary/aromatic N) is 2. The fraction of sp³-hybridized carbons (Fsp3) is 0.348. The topological polar surface area (TPSA) is 73.6 Å². The van der Waals surface area contributed by atoms with Crippen molar-refractivity contribution in [1.29, 1.82) is 0 Å². The Balaban J connectivity index is 1.61. The summed E-state index contributed by atoms with van der Waals surface area (Å²) >= 11 is 0. The largest absolute Gasteiger partial charge is 0.383 e. The molecule has 1 heterocycles. The molecule has 2 amide bonds. The number of anilines is 1. The molecule has 1 saturated heterocycles. The highest BCUT2D eigenvalue weighted by atomic mass is 16.2. The molecular weight excluding hydrogens is 362 g/mol. The van der Waals surface area contributed by atoms with Crippen LogP contribution in [0.4, 0.5) is 10.5 Å². The first kappa shape index (κ1) is 20.9. The van der Waals surface area contributed by atoms with Crippen molar-refractivity contribution in [3.8, 4) is 11.1 Å². The van der Waals surface area contributed by atoms with Crippen molar-refractivity contribution in [3.05, 3.63) is 65.9 Å². The number of benzene rings is 2. The minimum Gasteiger partial charge on any atom is -0.383 e. The van der Waals surface area contributed by atoms with Crippen LogP contribution < -0.4 is 16.4 Å². The number of hydrogen-bond acceptors (Lipinski definition) is 4.